The van der Waals surface area contributed by atoms with E-state index in [-0.39, 0.29) is 5.41 Å². The van der Waals surface area contributed by atoms with Crippen LogP contribution in [0, 0.1) is 0 Å². The fraction of sp³-hybridized carbons (Fsp3) is 0.0682. The number of hydrogen-bond acceptors (Lipinski definition) is 1. The van der Waals surface area contributed by atoms with Crippen molar-refractivity contribution in [2.45, 2.75) is 19.3 Å². The van der Waals surface area contributed by atoms with Gasteiger partial charge >= 0.3 is 280 Å². The van der Waals surface area contributed by atoms with E-state index in [1.165, 1.54) is 50.5 Å². The number of pyridine rings is 1. The maximum absolute atomic E-state index is 4.67. The molecule has 0 unspecified atom stereocenters. The SMILES string of the molecule is CC1(C)c2cccc[c]2[Ge]([c]2ccccc2)([c]2ccc3c4ccccc4n(-c4cccc(-c5ccccn5)c4)c3c2)[c]2ccccc21. The van der Waals surface area contributed by atoms with Gasteiger partial charge in [0, 0.05) is 0 Å². The number of rotatable bonds is 4. The van der Waals surface area contributed by atoms with E-state index in [1.807, 2.05) is 12.3 Å². The van der Waals surface area contributed by atoms with Crippen LogP contribution in [-0.4, -0.2) is 22.8 Å². The summed E-state index contributed by atoms with van der Waals surface area (Å²) in [6.07, 6.45) is 1.87. The Morgan fingerprint density at radius 3 is 1.91 bits per heavy atom. The number of benzene rings is 6. The first-order chi connectivity index (χ1) is 23.1. The molecular formula is C44H34GeN2. The Bertz CT molecular complexity index is 2390. The standard InChI is InChI=1S/C44H34GeN2/c1-44(2)37-20-7-9-22-39(37)45(32-16-4-3-5-17-32,40-23-10-8-21-38(40)44)33-26-27-36-35-19-6-11-25-42(35)47(43(36)30-33)34-18-14-15-31(29-34)41-24-12-13-28-46-41/h3-30H,1-2H3. The molecule has 3 heterocycles. The summed E-state index contributed by atoms with van der Waals surface area (Å²) >= 11 is -3.52. The van der Waals surface area contributed by atoms with Crippen molar-refractivity contribution in [3.8, 4) is 16.9 Å². The van der Waals surface area contributed by atoms with Crippen LogP contribution in [0.25, 0.3) is 38.8 Å². The van der Waals surface area contributed by atoms with Crippen molar-refractivity contribution in [1.82, 2.24) is 9.55 Å². The zero-order valence-electron chi connectivity index (χ0n) is 26.6. The van der Waals surface area contributed by atoms with Crippen molar-refractivity contribution in [1.29, 1.82) is 0 Å². The van der Waals surface area contributed by atoms with Crippen molar-refractivity contribution in [2.75, 3.05) is 0 Å². The molecule has 224 valence electrons. The second-order valence-corrected chi connectivity index (χ2v) is 21.0. The van der Waals surface area contributed by atoms with Crippen molar-refractivity contribution < 1.29 is 0 Å². The Labute approximate surface area is 278 Å². The minimum absolute atomic E-state index is 0.0956. The van der Waals surface area contributed by atoms with Crippen molar-refractivity contribution >= 4 is 52.7 Å². The zero-order valence-corrected chi connectivity index (χ0v) is 28.7. The third-order valence-electron chi connectivity index (χ3n) is 10.4. The molecule has 0 saturated heterocycles. The second-order valence-electron chi connectivity index (χ2n) is 13.2. The molecule has 1 aliphatic rings. The number of aromatic nitrogens is 2. The van der Waals surface area contributed by atoms with Crippen LogP contribution in [0.5, 0.6) is 0 Å². The Balaban J connectivity index is 1.40. The minimum atomic E-state index is -3.52. The molecule has 3 heteroatoms. The monoisotopic (exact) mass is 664 g/mol. The average molecular weight is 663 g/mol. The summed E-state index contributed by atoms with van der Waals surface area (Å²) in [4.78, 5) is 4.67. The molecule has 0 spiro atoms. The van der Waals surface area contributed by atoms with Gasteiger partial charge in [0.2, 0.25) is 0 Å². The van der Waals surface area contributed by atoms with E-state index in [0.717, 1.165) is 16.9 Å². The molecule has 2 nitrogen and oxygen atoms in total. The van der Waals surface area contributed by atoms with Gasteiger partial charge in [0.1, 0.15) is 0 Å². The van der Waals surface area contributed by atoms with Gasteiger partial charge in [-0.2, -0.15) is 0 Å². The Hall–Kier alpha value is -5.19. The number of fused-ring (bicyclic) bond motifs is 5. The molecule has 0 atom stereocenters. The van der Waals surface area contributed by atoms with Gasteiger partial charge in [0.25, 0.3) is 0 Å². The van der Waals surface area contributed by atoms with Crippen LogP contribution in [0.3, 0.4) is 0 Å². The van der Waals surface area contributed by atoms with E-state index in [1.54, 1.807) is 0 Å². The molecule has 0 radical (unpaired) electrons. The van der Waals surface area contributed by atoms with Crippen molar-refractivity contribution in [2.24, 2.45) is 0 Å². The molecule has 0 bridgehead atoms. The molecule has 47 heavy (non-hydrogen) atoms. The van der Waals surface area contributed by atoms with Gasteiger partial charge in [-0.05, 0) is 0 Å². The van der Waals surface area contributed by atoms with E-state index < -0.39 is 13.3 Å². The number of para-hydroxylation sites is 1. The van der Waals surface area contributed by atoms with E-state index in [9.17, 15) is 0 Å². The van der Waals surface area contributed by atoms with Crippen LogP contribution < -0.4 is 17.6 Å². The molecule has 6 aromatic carbocycles. The van der Waals surface area contributed by atoms with E-state index in [0.29, 0.717) is 0 Å². The first-order valence-electron chi connectivity index (χ1n) is 16.4. The predicted octanol–water partition coefficient (Wildman–Crippen LogP) is 7.86. The summed E-state index contributed by atoms with van der Waals surface area (Å²) in [6.45, 7) is 4.80. The summed E-state index contributed by atoms with van der Waals surface area (Å²) in [5.41, 5.74) is 8.49. The molecule has 0 aliphatic carbocycles. The first kappa shape index (κ1) is 28.1. The van der Waals surface area contributed by atoms with Crippen LogP contribution in [0.15, 0.2) is 170 Å². The normalized spacial score (nSPS) is 14.5. The molecule has 0 saturated carbocycles. The molecule has 8 aromatic rings. The Morgan fingerprint density at radius 1 is 0.511 bits per heavy atom. The Morgan fingerprint density at radius 2 is 1.17 bits per heavy atom. The van der Waals surface area contributed by atoms with Crippen LogP contribution in [-0.2, 0) is 5.41 Å². The fourth-order valence-corrected chi connectivity index (χ4v) is 19.9. The topological polar surface area (TPSA) is 17.8 Å². The molecule has 2 aromatic heterocycles. The average Bonchev–Trinajstić information content (AvgIpc) is 3.47. The number of nitrogens with zero attached hydrogens (tertiary/aromatic N) is 2. The van der Waals surface area contributed by atoms with Gasteiger partial charge in [0.15, 0.2) is 0 Å². The molecular weight excluding hydrogens is 629 g/mol. The molecule has 9 rings (SSSR count). The summed E-state index contributed by atoms with van der Waals surface area (Å²) in [7, 11) is 0. The van der Waals surface area contributed by atoms with E-state index in [4.69, 9.17) is 0 Å². The zero-order chi connectivity index (χ0) is 31.6. The summed E-state index contributed by atoms with van der Waals surface area (Å²) in [6, 6.07) is 61.1. The molecule has 0 fully saturated rings. The van der Waals surface area contributed by atoms with Crippen LogP contribution >= 0.6 is 0 Å². The van der Waals surface area contributed by atoms with Gasteiger partial charge in [-0.25, -0.2) is 0 Å². The summed E-state index contributed by atoms with van der Waals surface area (Å²) in [5.74, 6) is 0. The summed E-state index contributed by atoms with van der Waals surface area (Å²) < 4.78 is 8.43. The van der Waals surface area contributed by atoms with Gasteiger partial charge in [-0.3, -0.25) is 0 Å². The number of hydrogen-bond donors (Lipinski definition) is 0. The van der Waals surface area contributed by atoms with Gasteiger partial charge in [-0.15, -0.1) is 0 Å². The van der Waals surface area contributed by atoms with Crippen LogP contribution in [0.1, 0.15) is 25.0 Å². The van der Waals surface area contributed by atoms with Gasteiger partial charge < -0.3 is 0 Å². The molecule has 0 N–H and O–H groups in total. The van der Waals surface area contributed by atoms with E-state index in [2.05, 4.69) is 181 Å². The fourth-order valence-electron chi connectivity index (χ4n) is 8.30. The van der Waals surface area contributed by atoms with Gasteiger partial charge in [0.05, 0.1) is 0 Å². The first-order valence-corrected chi connectivity index (χ1v) is 20.6. The quantitative estimate of drug-likeness (QED) is 0.176. The molecule has 0 amide bonds. The van der Waals surface area contributed by atoms with Crippen LogP contribution in [0.2, 0.25) is 0 Å². The van der Waals surface area contributed by atoms with E-state index >= 15 is 0 Å². The Kier molecular flexibility index (Phi) is 6.38. The predicted molar refractivity (Wildman–Crippen MR) is 200 cm³/mol. The van der Waals surface area contributed by atoms with Gasteiger partial charge in [-0.1, -0.05) is 0 Å². The summed E-state index contributed by atoms with van der Waals surface area (Å²) in [5, 5.41) is 2.54. The third-order valence-corrected chi connectivity index (χ3v) is 20.6. The van der Waals surface area contributed by atoms with Crippen LogP contribution in [0.4, 0.5) is 0 Å². The maximum atomic E-state index is 4.67. The van der Waals surface area contributed by atoms with Crippen molar-refractivity contribution in [3.05, 3.63) is 181 Å². The second kappa shape index (κ2) is 10.7. The third kappa shape index (κ3) is 4.08. The molecule has 1 aliphatic heterocycles. The van der Waals surface area contributed by atoms with Crippen molar-refractivity contribution in [3.63, 3.8) is 0 Å².